The molecule has 1 aromatic carbocycles. The smallest absolute Gasteiger partial charge is 0.410 e. The Kier molecular flexibility index (Phi) is 4.24. The molecule has 1 aliphatic heterocycles. The summed E-state index contributed by atoms with van der Waals surface area (Å²) >= 11 is 0. The molecule has 0 atom stereocenters. The van der Waals surface area contributed by atoms with Gasteiger partial charge in [0, 0.05) is 13.1 Å². The first-order valence-electron chi connectivity index (χ1n) is 6.56. The second kappa shape index (κ2) is 5.92. The molecule has 0 radical (unpaired) electrons. The highest BCUT2D eigenvalue weighted by Crippen LogP contribution is 2.20. The lowest BCUT2D eigenvalue weighted by atomic mass is 9.88. The largest absolute Gasteiger partial charge is 0.445 e. The van der Waals surface area contributed by atoms with Crippen LogP contribution in [0.2, 0.25) is 0 Å². The number of hydrogen-bond acceptors (Lipinski definition) is 4. The van der Waals surface area contributed by atoms with Crippen LogP contribution in [-0.4, -0.2) is 35.5 Å². The number of likely N-dealkylation sites (tertiary alicyclic amines) is 1. The molecular weight excluding hydrogens is 258 g/mol. The van der Waals surface area contributed by atoms with Crippen molar-refractivity contribution in [1.29, 1.82) is 0 Å². The number of amides is 2. The molecule has 1 fully saturated rings. The normalized spacial score (nSPS) is 17.6. The van der Waals surface area contributed by atoms with Crippen molar-refractivity contribution in [2.24, 2.45) is 11.5 Å². The van der Waals surface area contributed by atoms with Crippen molar-refractivity contribution in [3.63, 3.8) is 0 Å². The van der Waals surface area contributed by atoms with Gasteiger partial charge in [-0.15, -0.1) is 0 Å². The fourth-order valence-electron chi connectivity index (χ4n) is 2.15. The monoisotopic (exact) mass is 277 g/mol. The standard InChI is InChI=1S/C14H19N3O3/c15-12(18)14(16)6-8-17(9-7-14)13(19)20-10-11-4-2-1-3-5-11/h1-5H,6-10,16H2,(H2,15,18). The van der Waals surface area contributed by atoms with Gasteiger partial charge in [0.2, 0.25) is 5.91 Å². The Morgan fingerprint density at radius 3 is 2.35 bits per heavy atom. The van der Waals surface area contributed by atoms with Gasteiger partial charge in [-0.1, -0.05) is 30.3 Å². The molecule has 0 aromatic heterocycles. The molecule has 6 heteroatoms. The van der Waals surface area contributed by atoms with Crippen molar-refractivity contribution in [3.05, 3.63) is 35.9 Å². The predicted molar refractivity (Wildman–Crippen MR) is 73.5 cm³/mol. The summed E-state index contributed by atoms with van der Waals surface area (Å²) in [7, 11) is 0. The van der Waals surface area contributed by atoms with E-state index in [1.54, 1.807) is 4.90 Å². The second-order valence-corrected chi connectivity index (χ2v) is 5.05. The summed E-state index contributed by atoms with van der Waals surface area (Å²) in [5.74, 6) is -0.519. The molecule has 2 rings (SSSR count). The molecule has 4 N–H and O–H groups in total. The number of primary amides is 1. The Bertz CT molecular complexity index is 482. The van der Waals surface area contributed by atoms with Crippen LogP contribution in [0.1, 0.15) is 18.4 Å². The number of benzene rings is 1. The minimum absolute atomic E-state index is 0.236. The molecule has 0 bridgehead atoms. The molecule has 1 heterocycles. The third kappa shape index (κ3) is 3.27. The summed E-state index contributed by atoms with van der Waals surface area (Å²) in [6.07, 6.45) is 0.339. The van der Waals surface area contributed by atoms with E-state index in [2.05, 4.69) is 0 Å². The van der Waals surface area contributed by atoms with Crippen LogP contribution >= 0.6 is 0 Å². The SMILES string of the molecule is NC(=O)C1(N)CCN(C(=O)OCc2ccccc2)CC1. The molecule has 108 valence electrons. The van der Waals surface area contributed by atoms with Gasteiger partial charge < -0.3 is 21.1 Å². The van der Waals surface area contributed by atoms with Gasteiger partial charge in [-0.2, -0.15) is 0 Å². The average molecular weight is 277 g/mol. The van der Waals surface area contributed by atoms with Crippen LogP contribution in [-0.2, 0) is 16.1 Å². The summed E-state index contributed by atoms with van der Waals surface area (Å²) in [6.45, 7) is 1.000. The van der Waals surface area contributed by atoms with Crippen molar-refractivity contribution in [2.45, 2.75) is 25.0 Å². The highest BCUT2D eigenvalue weighted by Gasteiger charge is 2.37. The van der Waals surface area contributed by atoms with E-state index in [-0.39, 0.29) is 12.7 Å². The highest BCUT2D eigenvalue weighted by molar-refractivity contribution is 5.84. The quantitative estimate of drug-likeness (QED) is 0.845. The van der Waals surface area contributed by atoms with Crippen LogP contribution in [0.25, 0.3) is 0 Å². The van der Waals surface area contributed by atoms with Crippen molar-refractivity contribution in [1.82, 2.24) is 4.90 Å². The van der Waals surface area contributed by atoms with Gasteiger partial charge >= 0.3 is 6.09 Å². The third-order valence-corrected chi connectivity index (χ3v) is 3.61. The number of nitrogens with zero attached hydrogens (tertiary/aromatic N) is 1. The first-order chi connectivity index (χ1) is 9.51. The Labute approximate surface area is 117 Å². The number of hydrogen-bond donors (Lipinski definition) is 2. The van der Waals surface area contributed by atoms with Gasteiger partial charge in [0.05, 0.1) is 5.54 Å². The van der Waals surface area contributed by atoms with Crippen molar-refractivity contribution in [2.75, 3.05) is 13.1 Å². The number of piperidine rings is 1. The van der Waals surface area contributed by atoms with E-state index >= 15 is 0 Å². The average Bonchev–Trinajstić information content (AvgIpc) is 2.46. The number of ether oxygens (including phenoxy) is 1. The van der Waals surface area contributed by atoms with Crippen molar-refractivity contribution >= 4 is 12.0 Å². The van der Waals surface area contributed by atoms with E-state index in [1.807, 2.05) is 30.3 Å². The number of nitrogens with two attached hydrogens (primary N) is 2. The van der Waals surface area contributed by atoms with Crippen LogP contribution in [0.5, 0.6) is 0 Å². The van der Waals surface area contributed by atoms with Gasteiger partial charge in [-0.25, -0.2) is 4.79 Å². The summed E-state index contributed by atoms with van der Waals surface area (Å²) in [4.78, 5) is 24.7. The molecule has 1 aliphatic rings. The minimum Gasteiger partial charge on any atom is -0.445 e. The molecule has 20 heavy (non-hydrogen) atoms. The maximum absolute atomic E-state index is 11.9. The van der Waals surface area contributed by atoms with E-state index in [0.29, 0.717) is 25.9 Å². The lowest BCUT2D eigenvalue weighted by Crippen LogP contribution is -2.59. The van der Waals surface area contributed by atoms with Crippen LogP contribution in [0.4, 0.5) is 4.79 Å². The van der Waals surface area contributed by atoms with E-state index < -0.39 is 11.4 Å². The predicted octanol–water partition coefficient (Wildman–Crippen LogP) is 0.602. The molecule has 1 saturated heterocycles. The molecule has 0 saturated carbocycles. The summed E-state index contributed by atoms with van der Waals surface area (Å²) in [6, 6.07) is 9.46. The van der Waals surface area contributed by atoms with Crippen molar-refractivity contribution in [3.8, 4) is 0 Å². The van der Waals surface area contributed by atoms with Gasteiger partial charge in [0.25, 0.3) is 0 Å². The Hall–Kier alpha value is -2.08. The van der Waals surface area contributed by atoms with Gasteiger partial charge in [-0.05, 0) is 18.4 Å². The lowest BCUT2D eigenvalue weighted by molar-refractivity contribution is -0.124. The van der Waals surface area contributed by atoms with Crippen molar-refractivity contribution < 1.29 is 14.3 Å². The molecule has 0 aliphatic carbocycles. The summed E-state index contributed by atoms with van der Waals surface area (Å²) in [5, 5.41) is 0. The molecule has 0 spiro atoms. The Morgan fingerprint density at radius 2 is 1.80 bits per heavy atom. The second-order valence-electron chi connectivity index (χ2n) is 5.05. The zero-order chi connectivity index (χ0) is 14.6. The zero-order valence-corrected chi connectivity index (χ0v) is 11.2. The lowest BCUT2D eigenvalue weighted by Gasteiger charge is -2.36. The van der Waals surface area contributed by atoms with Crippen LogP contribution in [0, 0.1) is 0 Å². The van der Waals surface area contributed by atoms with E-state index in [1.165, 1.54) is 0 Å². The van der Waals surface area contributed by atoms with Crippen LogP contribution in [0.3, 0.4) is 0 Å². The molecule has 6 nitrogen and oxygen atoms in total. The van der Waals surface area contributed by atoms with Gasteiger partial charge in [0.1, 0.15) is 6.61 Å². The number of carbonyl (C=O) groups excluding carboxylic acids is 2. The van der Waals surface area contributed by atoms with Crippen LogP contribution in [0.15, 0.2) is 30.3 Å². The van der Waals surface area contributed by atoms with E-state index in [9.17, 15) is 9.59 Å². The highest BCUT2D eigenvalue weighted by atomic mass is 16.6. The van der Waals surface area contributed by atoms with E-state index in [4.69, 9.17) is 16.2 Å². The van der Waals surface area contributed by atoms with E-state index in [0.717, 1.165) is 5.56 Å². The first-order valence-corrected chi connectivity index (χ1v) is 6.56. The molecule has 0 unspecified atom stereocenters. The van der Waals surface area contributed by atoms with Gasteiger partial charge in [-0.3, -0.25) is 4.79 Å². The fourth-order valence-corrected chi connectivity index (χ4v) is 2.15. The Balaban J connectivity index is 1.82. The third-order valence-electron chi connectivity index (χ3n) is 3.61. The maximum atomic E-state index is 11.9. The molecular formula is C14H19N3O3. The molecule has 1 aromatic rings. The Morgan fingerprint density at radius 1 is 1.20 bits per heavy atom. The summed E-state index contributed by atoms with van der Waals surface area (Å²) < 4.78 is 5.23. The number of carbonyl (C=O) groups is 2. The summed E-state index contributed by atoms with van der Waals surface area (Å²) in [5.41, 5.74) is 11.1. The topological polar surface area (TPSA) is 98.6 Å². The minimum atomic E-state index is -1.00. The maximum Gasteiger partial charge on any atom is 0.410 e. The first kappa shape index (κ1) is 14.3. The molecule has 2 amide bonds. The van der Waals surface area contributed by atoms with Gasteiger partial charge in [0.15, 0.2) is 0 Å². The fraction of sp³-hybridized carbons (Fsp3) is 0.429. The number of rotatable bonds is 3. The van der Waals surface area contributed by atoms with Crippen LogP contribution < -0.4 is 11.5 Å². The zero-order valence-electron chi connectivity index (χ0n) is 11.2.